The Morgan fingerprint density at radius 3 is 2.00 bits per heavy atom. The van der Waals surface area contributed by atoms with Crippen LogP contribution in [0.3, 0.4) is 0 Å². The van der Waals surface area contributed by atoms with Crippen LogP contribution in [0.1, 0.15) is 5.56 Å². The Balaban J connectivity index is 2.57. The Bertz CT molecular complexity index is 961. The Morgan fingerprint density at radius 1 is 0.938 bits per heavy atom. The number of hydrogen-bond acceptors (Lipinski definition) is 4. The van der Waals surface area contributed by atoms with Gasteiger partial charge in [0.05, 0.1) is 0 Å². The summed E-state index contributed by atoms with van der Waals surface area (Å²) in [6, 6.07) is 6.12. The van der Waals surface area contributed by atoms with Crippen LogP contribution in [0.25, 0.3) is 10.9 Å². The van der Waals surface area contributed by atoms with Crippen molar-refractivity contribution in [3.63, 3.8) is 0 Å². The molecule has 1 N–H and O–H groups in total. The number of benzene rings is 1. The minimum absolute atomic E-state index is 0.116. The molecule has 180 valence electrons. The van der Waals surface area contributed by atoms with Crippen molar-refractivity contribution in [2.45, 2.75) is 91.0 Å². The average molecular weight is 509 g/mol. The lowest BCUT2D eigenvalue weighted by atomic mass is 10.1. The quantitative estimate of drug-likeness (QED) is 0.407. The lowest BCUT2D eigenvalue weighted by Gasteiger charge is -2.28. The lowest BCUT2D eigenvalue weighted by molar-refractivity contribution is -0.137. The zero-order chi connectivity index (χ0) is 24.7. The highest BCUT2D eigenvalue weighted by Gasteiger charge is 2.32. The number of fused-ring (bicyclic) bond motifs is 1. The number of carbonyl (C=O) groups excluding carboxylic acids is 1. The maximum atomic E-state index is 13.2. The standard InChI is InChI=1S/C23H44N2O3Si4/c1-29(2,3)24-21(23(26)28-32(10,11)12)15-18-17-25(30(4,5)6)22-14-13-19(16-20(18)22)27-31(7,8)9/h13-14,16-17,21,24H,15H2,1-12H3. The highest BCUT2D eigenvalue weighted by molar-refractivity contribution is 6.75. The van der Waals surface area contributed by atoms with Gasteiger partial charge in [-0.15, -0.1) is 0 Å². The van der Waals surface area contributed by atoms with Gasteiger partial charge in [-0.3, -0.25) is 4.79 Å². The fraction of sp³-hybridized carbons (Fsp3) is 0.609. The van der Waals surface area contributed by atoms with E-state index in [1.807, 2.05) is 0 Å². The van der Waals surface area contributed by atoms with Crippen LogP contribution in [-0.2, 0) is 15.6 Å². The molecule has 0 amide bonds. The third kappa shape index (κ3) is 8.02. The molecule has 0 saturated heterocycles. The maximum absolute atomic E-state index is 13.2. The number of hydrogen-bond donors (Lipinski definition) is 1. The largest absolute Gasteiger partial charge is 0.544 e. The fourth-order valence-electron chi connectivity index (χ4n) is 3.72. The van der Waals surface area contributed by atoms with Crippen molar-refractivity contribution in [1.29, 1.82) is 0 Å². The van der Waals surface area contributed by atoms with E-state index >= 15 is 0 Å². The van der Waals surface area contributed by atoms with Crippen LogP contribution in [-0.4, -0.2) is 49.3 Å². The van der Waals surface area contributed by atoms with Crippen molar-refractivity contribution in [3.05, 3.63) is 30.0 Å². The van der Waals surface area contributed by atoms with E-state index in [0.29, 0.717) is 6.42 Å². The maximum Gasteiger partial charge on any atom is 0.309 e. The van der Waals surface area contributed by atoms with Gasteiger partial charge in [-0.1, -0.05) is 39.3 Å². The minimum atomic E-state index is -1.98. The highest BCUT2D eigenvalue weighted by atomic mass is 28.4. The number of nitrogens with one attached hydrogen (secondary N) is 1. The molecular weight excluding hydrogens is 465 g/mol. The van der Waals surface area contributed by atoms with Gasteiger partial charge in [-0.05, 0) is 75.7 Å². The van der Waals surface area contributed by atoms with Crippen LogP contribution < -0.4 is 9.41 Å². The zero-order valence-corrected chi connectivity index (χ0v) is 26.3. The molecule has 1 unspecified atom stereocenters. The topological polar surface area (TPSA) is 52.5 Å². The molecule has 1 atom stereocenters. The summed E-state index contributed by atoms with van der Waals surface area (Å²) in [4.78, 5) is 16.8. The molecule has 0 saturated carbocycles. The van der Waals surface area contributed by atoms with Gasteiger partial charge in [0, 0.05) is 10.9 Å². The molecule has 9 heteroatoms. The van der Waals surface area contributed by atoms with Gasteiger partial charge < -0.3 is 18.1 Å². The molecule has 32 heavy (non-hydrogen) atoms. The SMILES string of the molecule is C[Si](C)(C)NC(Cc1cn([Si](C)(C)C)c2ccc(O[Si](C)(C)C)cc12)C(=O)O[Si](C)(C)C. The summed E-state index contributed by atoms with van der Waals surface area (Å²) in [7, 11) is -7.04. The second kappa shape index (κ2) is 9.25. The summed E-state index contributed by atoms with van der Waals surface area (Å²) in [5, 5.41) is 1.19. The number of nitrogens with zero attached hydrogens (tertiary/aromatic N) is 1. The van der Waals surface area contributed by atoms with E-state index in [-0.39, 0.29) is 12.0 Å². The molecule has 0 aliphatic heterocycles. The van der Waals surface area contributed by atoms with E-state index in [2.05, 4.69) is 112 Å². The van der Waals surface area contributed by atoms with Crippen LogP contribution in [0.2, 0.25) is 78.6 Å². The van der Waals surface area contributed by atoms with Crippen molar-refractivity contribution >= 4 is 50.0 Å². The molecule has 2 rings (SSSR count). The van der Waals surface area contributed by atoms with Crippen molar-refractivity contribution < 1.29 is 13.6 Å². The molecule has 0 aliphatic rings. The molecule has 5 nitrogen and oxygen atoms in total. The summed E-state index contributed by atoms with van der Waals surface area (Å²) in [6.07, 6.45) is 2.90. The molecule has 0 fully saturated rings. The van der Waals surface area contributed by atoms with E-state index in [0.717, 1.165) is 5.75 Å². The number of aromatic nitrogens is 1. The highest BCUT2D eigenvalue weighted by Crippen LogP contribution is 2.31. The Labute approximate surface area is 199 Å². The van der Waals surface area contributed by atoms with Crippen molar-refractivity contribution in [3.8, 4) is 5.75 Å². The van der Waals surface area contributed by atoms with Crippen LogP contribution in [0.5, 0.6) is 5.75 Å². The van der Waals surface area contributed by atoms with Gasteiger partial charge in [0.15, 0.2) is 8.24 Å². The summed E-state index contributed by atoms with van der Waals surface area (Å²) in [6.45, 7) is 26.5. The molecule has 2 aromatic rings. The van der Waals surface area contributed by atoms with Gasteiger partial charge in [0.2, 0.25) is 16.6 Å². The summed E-state index contributed by atoms with van der Waals surface area (Å²) in [5.41, 5.74) is 2.42. The minimum Gasteiger partial charge on any atom is -0.544 e. The van der Waals surface area contributed by atoms with E-state index in [4.69, 9.17) is 8.85 Å². The van der Waals surface area contributed by atoms with Crippen molar-refractivity contribution in [2.75, 3.05) is 0 Å². The Hall–Kier alpha value is -1.14. The zero-order valence-electron chi connectivity index (χ0n) is 22.3. The molecule has 1 heterocycles. The number of rotatable bonds is 9. The third-order valence-corrected chi connectivity index (χ3v) is 9.42. The smallest absolute Gasteiger partial charge is 0.309 e. The summed E-state index contributed by atoms with van der Waals surface area (Å²) in [5.74, 6) is 0.806. The Kier molecular flexibility index (Phi) is 7.83. The van der Waals surface area contributed by atoms with Crippen molar-refractivity contribution in [2.24, 2.45) is 0 Å². The number of carbonyl (C=O) groups is 1. The van der Waals surface area contributed by atoms with E-state index < -0.39 is 33.1 Å². The van der Waals surface area contributed by atoms with Gasteiger partial charge in [0.1, 0.15) is 20.0 Å². The van der Waals surface area contributed by atoms with Crippen LogP contribution in [0.15, 0.2) is 24.4 Å². The first-order valence-corrected chi connectivity index (χ1v) is 25.4. The van der Waals surface area contributed by atoms with Crippen LogP contribution in [0.4, 0.5) is 0 Å². The second-order valence-corrected chi connectivity index (χ2v) is 31.2. The van der Waals surface area contributed by atoms with Gasteiger partial charge in [0.25, 0.3) is 0 Å². The molecule has 1 aromatic heterocycles. The molecule has 0 bridgehead atoms. The van der Waals surface area contributed by atoms with Gasteiger partial charge >= 0.3 is 5.97 Å². The first kappa shape index (κ1) is 27.1. The summed E-state index contributed by atoms with van der Waals surface area (Å²) < 4.78 is 14.7. The first-order valence-electron chi connectivity index (χ1n) is 11.6. The lowest BCUT2D eigenvalue weighted by Crippen LogP contribution is -2.54. The predicted molar refractivity (Wildman–Crippen MR) is 148 cm³/mol. The second-order valence-electron chi connectivity index (χ2n) is 12.8. The van der Waals surface area contributed by atoms with E-state index in [9.17, 15) is 4.79 Å². The fourth-order valence-corrected chi connectivity index (χ4v) is 8.03. The van der Waals surface area contributed by atoms with Gasteiger partial charge in [-0.25, -0.2) is 0 Å². The predicted octanol–water partition coefficient (Wildman–Crippen LogP) is 6.25. The molecule has 0 aliphatic carbocycles. The molecule has 0 spiro atoms. The van der Waals surface area contributed by atoms with Gasteiger partial charge in [-0.2, -0.15) is 0 Å². The van der Waals surface area contributed by atoms with E-state index in [1.165, 1.54) is 16.5 Å². The van der Waals surface area contributed by atoms with E-state index in [1.54, 1.807) is 0 Å². The monoisotopic (exact) mass is 508 g/mol. The third-order valence-electron chi connectivity index (χ3n) is 4.73. The average Bonchev–Trinajstić information content (AvgIpc) is 2.88. The van der Waals surface area contributed by atoms with Crippen LogP contribution >= 0.6 is 0 Å². The Morgan fingerprint density at radius 2 is 1.53 bits per heavy atom. The molecule has 0 radical (unpaired) electrons. The summed E-state index contributed by atoms with van der Waals surface area (Å²) >= 11 is 0. The first-order chi connectivity index (χ1) is 14.3. The molecular formula is C23H44N2O3Si4. The normalized spacial score (nSPS) is 14.5. The molecule has 1 aromatic carbocycles. The van der Waals surface area contributed by atoms with Crippen LogP contribution in [0, 0.1) is 0 Å². The van der Waals surface area contributed by atoms with Crippen molar-refractivity contribution in [1.82, 2.24) is 9.22 Å².